The van der Waals surface area contributed by atoms with E-state index in [0.717, 1.165) is 11.5 Å². The Labute approximate surface area is 104 Å². The minimum Gasteiger partial charge on any atom is -0.388 e. The summed E-state index contributed by atoms with van der Waals surface area (Å²) in [7, 11) is 1.83. The Morgan fingerprint density at radius 1 is 1.47 bits per heavy atom. The van der Waals surface area contributed by atoms with E-state index in [1.54, 1.807) is 16.9 Å². The molecule has 2 aromatic heterocycles. The summed E-state index contributed by atoms with van der Waals surface area (Å²) in [6.45, 7) is 1.86. The molecule has 0 aromatic carbocycles. The number of nitrogens with zero attached hydrogens (tertiary/aromatic N) is 4. The highest BCUT2D eigenvalue weighted by Crippen LogP contribution is 2.12. The van der Waals surface area contributed by atoms with E-state index < -0.39 is 0 Å². The van der Waals surface area contributed by atoms with Crippen LogP contribution in [0.3, 0.4) is 0 Å². The van der Waals surface area contributed by atoms with Gasteiger partial charge in [-0.05, 0) is 13.0 Å². The highest BCUT2D eigenvalue weighted by atomic mass is 32.1. The van der Waals surface area contributed by atoms with Gasteiger partial charge in [-0.25, -0.2) is 9.97 Å². The van der Waals surface area contributed by atoms with Crippen LogP contribution in [0.5, 0.6) is 0 Å². The van der Waals surface area contributed by atoms with Crippen LogP contribution < -0.4 is 11.1 Å². The number of thiocarbonyl (C=S) groups is 1. The number of nitrogens with one attached hydrogen (secondary N) is 1. The van der Waals surface area contributed by atoms with Crippen LogP contribution in [-0.4, -0.2) is 24.7 Å². The first-order chi connectivity index (χ1) is 8.06. The van der Waals surface area contributed by atoms with Gasteiger partial charge < -0.3 is 11.1 Å². The van der Waals surface area contributed by atoms with Gasteiger partial charge in [-0.15, -0.1) is 0 Å². The molecular weight excluding hydrogens is 236 g/mol. The van der Waals surface area contributed by atoms with E-state index >= 15 is 0 Å². The van der Waals surface area contributed by atoms with E-state index in [1.807, 2.05) is 20.0 Å². The maximum absolute atomic E-state index is 5.55. The van der Waals surface area contributed by atoms with Crippen molar-refractivity contribution in [3.05, 3.63) is 29.7 Å². The third kappa shape index (κ3) is 2.56. The zero-order valence-electron chi connectivity index (χ0n) is 9.51. The average Bonchev–Trinajstić information content (AvgIpc) is 2.63. The molecule has 17 heavy (non-hydrogen) atoms. The Balaban J connectivity index is 2.33. The van der Waals surface area contributed by atoms with Crippen LogP contribution in [-0.2, 0) is 7.05 Å². The summed E-state index contributed by atoms with van der Waals surface area (Å²) in [5.74, 6) is 1.25. The van der Waals surface area contributed by atoms with Crippen LogP contribution in [0.25, 0.3) is 0 Å². The van der Waals surface area contributed by atoms with Gasteiger partial charge >= 0.3 is 0 Å². The van der Waals surface area contributed by atoms with Crippen molar-refractivity contribution in [1.29, 1.82) is 0 Å². The molecule has 0 aliphatic heterocycles. The lowest BCUT2D eigenvalue weighted by molar-refractivity contribution is 0.775. The highest BCUT2D eigenvalue weighted by Gasteiger charge is 2.06. The van der Waals surface area contributed by atoms with Crippen molar-refractivity contribution < 1.29 is 0 Å². The Kier molecular flexibility index (Phi) is 3.01. The van der Waals surface area contributed by atoms with E-state index in [4.69, 9.17) is 18.0 Å². The second kappa shape index (κ2) is 4.46. The lowest BCUT2D eigenvalue weighted by atomic mass is 10.3. The van der Waals surface area contributed by atoms with E-state index in [-0.39, 0.29) is 4.99 Å². The number of hydrogen-bond donors (Lipinski definition) is 2. The smallest absolute Gasteiger partial charge is 0.229 e. The van der Waals surface area contributed by atoms with Crippen LogP contribution >= 0.6 is 12.2 Å². The van der Waals surface area contributed by atoms with E-state index in [1.165, 1.54) is 0 Å². The Bertz CT molecular complexity index is 562. The van der Waals surface area contributed by atoms with Crippen LogP contribution in [0.4, 0.5) is 11.8 Å². The standard InChI is InChI=1S/C10H12N6S/c1-6-5-7(9(11)17)14-10(13-6)15-8-3-4-12-16(8)2/h3-5H,1-2H3,(H2,11,17)(H,13,14,15). The first kappa shape index (κ1) is 11.5. The molecule has 0 aliphatic carbocycles. The number of nitrogens with two attached hydrogens (primary N) is 1. The molecule has 3 N–H and O–H groups in total. The summed E-state index contributed by atoms with van der Waals surface area (Å²) in [6, 6.07) is 3.57. The minimum absolute atomic E-state index is 0.253. The number of aromatic nitrogens is 4. The molecule has 0 saturated carbocycles. The van der Waals surface area contributed by atoms with Crippen molar-refractivity contribution in [3.8, 4) is 0 Å². The van der Waals surface area contributed by atoms with Gasteiger partial charge in [0.1, 0.15) is 16.5 Å². The lowest BCUT2D eigenvalue weighted by Crippen LogP contribution is -2.14. The largest absolute Gasteiger partial charge is 0.388 e. The van der Waals surface area contributed by atoms with Crippen molar-refractivity contribution in [2.45, 2.75) is 6.92 Å². The second-order valence-electron chi connectivity index (χ2n) is 3.55. The molecule has 6 nitrogen and oxygen atoms in total. The Morgan fingerprint density at radius 2 is 2.24 bits per heavy atom. The molecule has 88 valence electrons. The van der Waals surface area contributed by atoms with Crippen molar-refractivity contribution in [3.63, 3.8) is 0 Å². The fraction of sp³-hybridized carbons (Fsp3) is 0.200. The second-order valence-corrected chi connectivity index (χ2v) is 3.99. The lowest BCUT2D eigenvalue weighted by Gasteiger charge is -2.07. The molecule has 0 bridgehead atoms. The quantitative estimate of drug-likeness (QED) is 0.785. The predicted octanol–water partition coefficient (Wildman–Crippen LogP) is 0.896. The summed E-state index contributed by atoms with van der Waals surface area (Å²) in [5.41, 5.74) is 6.90. The highest BCUT2D eigenvalue weighted by molar-refractivity contribution is 7.80. The maximum Gasteiger partial charge on any atom is 0.229 e. The van der Waals surface area contributed by atoms with Crippen molar-refractivity contribution >= 4 is 29.0 Å². The van der Waals surface area contributed by atoms with Gasteiger partial charge in [0.2, 0.25) is 5.95 Å². The zero-order valence-corrected chi connectivity index (χ0v) is 10.3. The first-order valence-corrected chi connectivity index (χ1v) is 5.37. The third-order valence-corrected chi connectivity index (χ3v) is 2.38. The topological polar surface area (TPSA) is 81.6 Å². The fourth-order valence-electron chi connectivity index (χ4n) is 1.36. The van der Waals surface area contributed by atoms with E-state index in [9.17, 15) is 0 Å². The van der Waals surface area contributed by atoms with E-state index in [2.05, 4.69) is 20.4 Å². The molecular formula is C10H12N6S. The van der Waals surface area contributed by atoms with Gasteiger partial charge in [-0.1, -0.05) is 12.2 Å². The molecule has 0 spiro atoms. The number of hydrogen-bond acceptors (Lipinski definition) is 5. The maximum atomic E-state index is 5.55. The van der Waals surface area contributed by atoms with E-state index in [0.29, 0.717) is 11.6 Å². The first-order valence-electron chi connectivity index (χ1n) is 4.97. The molecule has 7 heteroatoms. The zero-order chi connectivity index (χ0) is 12.4. The van der Waals surface area contributed by atoms with Gasteiger partial charge in [-0.3, -0.25) is 4.68 Å². The molecule has 0 amide bonds. The van der Waals surface area contributed by atoms with Gasteiger partial charge in [0.25, 0.3) is 0 Å². The van der Waals surface area contributed by atoms with Crippen LogP contribution in [0.15, 0.2) is 18.3 Å². The molecule has 0 fully saturated rings. The summed E-state index contributed by atoms with van der Waals surface area (Å²) < 4.78 is 1.69. The van der Waals surface area contributed by atoms with Crippen molar-refractivity contribution in [2.75, 3.05) is 5.32 Å². The average molecular weight is 248 g/mol. The molecule has 0 unspecified atom stereocenters. The summed E-state index contributed by atoms with van der Waals surface area (Å²) in [5, 5.41) is 7.09. The van der Waals surface area contributed by atoms with Gasteiger partial charge in [-0.2, -0.15) is 5.10 Å². The molecule has 0 radical (unpaired) electrons. The molecule has 2 heterocycles. The predicted molar refractivity (Wildman–Crippen MR) is 69.1 cm³/mol. The fourth-order valence-corrected chi connectivity index (χ4v) is 1.47. The third-order valence-electron chi connectivity index (χ3n) is 2.17. The monoisotopic (exact) mass is 248 g/mol. The van der Waals surface area contributed by atoms with Crippen molar-refractivity contribution in [2.24, 2.45) is 12.8 Å². The van der Waals surface area contributed by atoms with Gasteiger partial charge in [0, 0.05) is 18.8 Å². The van der Waals surface area contributed by atoms with Crippen molar-refractivity contribution in [1.82, 2.24) is 19.7 Å². The minimum atomic E-state index is 0.253. The van der Waals surface area contributed by atoms with Crippen LogP contribution in [0, 0.1) is 6.92 Å². The summed E-state index contributed by atoms with van der Waals surface area (Å²) >= 11 is 4.90. The van der Waals surface area contributed by atoms with Gasteiger partial charge in [0.05, 0.1) is 6.20 Å². The van der Waals surface area contributed by atoms with Gasteiger partial charge in [0.15, 0.2) is 0 Å². The van der Waals surface area contributed by atoms with Crippen LogP contribution in [0.1, 0.15) is 11.4 Å². The normalized spacial score (nSPS) is 10.2. The summed E-state index contributed by atoms with van der Waals surface area (Å²) in [4.78, 5) is 8.73. The molecule has 0 saturated heterocycles. The summed E-state index contributed by atoms with van der Waals surface area (Å²) in [6.07, 6.45) is 1.69. The van der Waals surface area contributed by atoms with Crippen LogP contribution in [0.2, 0.25) is 0 Å². The SMILES string of the molecule is Cc1cc(C(N)=S)nc(Nc2ccnn2C)n1. The molecule has 2 rings (SSSR count). The Hall–Kier alpha value is -2.02. The Morgan fingerprint density at radius 3 is 2.82 bits per heavy atom. The molecule has 0 aliphatic rings. The number of rotatable bonds is 3. The molecule has 2 aromatic rings. The number of aryl methyl sites for hydroxylation is 2. The molecule has 0 atom stereocenters. The number of anilines is 2.